The second-order valence-corrected chi connectivity index (χ2v) is 9.81. The van der Waals surface area contributed by atoms with Crippen molar-refractivity contribution in [1.29, 1.82) is 0 Å². The van der Waals surface area contributed by atoms with Gasteiger partial charge in [-0.1, -0.05) is 86.3 Å². The largest absolute Gasteiger partial charge is 0.483 e. The van der Waals surface area contributed by atoms with E-state index < -0.39 is 5.97 Å². The fraction of sp³-hybridized carbons (Fsp3) is 0.344. The van der Waals surface area contributed by atoms with E-state index in [1.165, 1.54) is 34.4 Å². The molecule has 0 atom stereocenters. The van der Waals surface area contributed by atoms with E-state index in [0.717, 1.165) is 38.5 Å². The van der Waals surface area contributed by atoms with Crippen LogP contribution in [0, 0.1) is 0 Å². The van der Waals surface area contributed by atoms with Crippen molar-refractivity contribution >= 4 is 18.0 Å². The van der Waals surface area contributed by atoms with Gasteiger partial charge in [-0.3, -0.25) is 4.79 Å². The molecule has 8 nitrogen and oxygen atoms in total. The Morgan fingerprint density at radius 1 is 0.700 bits per heavy atom. The molecule has 1 aliphatic rings. The molecule has 0 radical (unpaired) electrons. The zero-order chi connectivity index (χ0) is 28.2. The zero-order valence-corrected chi connectivity index (χ0v) is 22.6. The molecule has 0 spiro atoms. The second kappa shape index (κ2) is 14.7. The second-order valence-electron chi connectivity index (χ2n) is 9.81. The molecule has 0 saturated heterocycles. The van der Waals surface area contributed by atoms with E-state index in [9.17, 15) is 14.4 Å². The van der Waals surface area contributed by atoms with Crippen LogP contribution in [0.4, 0.5) is 4.79 Å². The Morgan fingerprint density at radius 2 is 1.25 bits per heavy atom. The molecule has 0 fully saturated rings. The Balaban J connectivity index is 1.01. The monoisotopic (exact) mass is 544 g/mol. The number of nitrogens with one attached hydrogen (secondary N) is 2. The first-order valence-corrected chi connectivity index (χ1v) is 13.8. The summed E-state index contributed by atoms with van der Waals surface area (Å²) in [5.41, 5.74) is 4.85. The highest BCUT2D eigenvalue weighted by molar-refractivity contribution is 5.91. The number of carboxylic acids is 1. The summed E-state index contributed by atoms with van der Waals surface area (Å²) in [6, 6.07) is 22.8. The third-order valence-corrected chi connectivity index (χ3v) is 7.01. The Bertz CT molecular complexity index is 1260. The Morgan fingerprint density at radius 3 is 1.90 bits per heavy atom. The highest BCUT2D eigenvalue weighted by atomic mass is 16.5. The fourth-order valence-corrected chi connectivity index (χ4v) is 4.99. The number of hydrogen-bond acceptors (Lipinski definition) is 5. The van der Waals surface area contributed by atoms with Crippen molar-refractivity contribution in [3.63, 3.8) is 0 Å². The molecule has 210 valence electrons. The number of para-hydroxylation sites is 1. The minimum atomic E-state index is -1.09. The number of alkyl carbamates (subject to hydrolysis) is 1. The van der Waals surface area contributed by atoms with Gasteiger partial charge >= 0.3 is 12.1 Å². The number of hydrogen-bond donors (Lipinski definition) is 3. The van der Waals surface area contributed by atoms with Crippen molar-refractivity contribution in [3.05, 3.63) is 89.5 Å². The van der Waals surface area contributed by atoms with Crippen LogP contribution in [0.25, 0.3) is 11.1 Å². The first-order valence-electron chi connectivity index (χ1n) is 13.8. The van der Waals surface area contributed by atoms with Gasteiger partial charge in [0.25, 0.3) is 5.91 Å². The van der Waals surface area contributed by atoms with E-state index in [-0.39, 0.29) is 35.8 Å². The lowest BCUT2D eigenvalue weighted by Crippen LogP contribution is -2.29. The van der Waals surface area contributed by atoms with Crippen LogP contribution in [0.2, 0.25) is 0 Å². The van der Waals surface area contributed by atoms with Crippen molar-refractivity contribution in [2.24, 2.45) is 0 Å². The van der Waals surface area contributed by atoms with E-state index in [1.807, 2.05) is 24.3 Å². The minimum Gasteiger partial charge on any atom is -0.483 e. The third-order valence-electron chi connectivity index (χ3n) is 7.01. The Hall–Kier alpha value is -4.33. The molecule has 3 N–H and O–H groups in total. The highest BCUT2D eigenvalue weighted by Crippen LogP contribution is 2.44. The lowest BCUT2D eigenvalue weighted by atomic mass is 9.98. The van der Waals surface area contributed by atoms with Gasteiger partial charge in [0.15, 0.2) is 6.61 Å². The summed E-state index contributed by atoms with van der Waals surface area (Å²) in [7, 11) is 0. The number of carbonyl (C=O) groups excluding carboxylic acids is 2. The number of aromatic carboxylic acids is 1. The molecule has 0 aromatic heterocycles. The zero-order valence-electron chi connectivity index (χ0n) is 22.6. The molecule has 0 unspecified atom stereocenters. The minimum absolute atomic E-state index is 0.0313. The molecule has 0 heterocycles. The van der Waals surface area contributed by atoms with Crippen molar-refractivity contribution < 1.29 is 29.0 Å². The average molecular weight is 545 g/mol. The Kier molecular flexibility index (Phi) is 10.6. The number of benzene rings is 3. The number of ether oxygens (including phenoxy) is 2. The van der Waals surface area contributed by atoms with Crippen LogP contribution in [0.1, 0.15) is 65.9 Å². The summed E-state index contributed by atoms with van der Waals surface area (Å²) in [6.45, 7) is 1.23. The summed E-state index contributed by atoms with van der Waals surface area (Å²) in [5.74, 6) is -1.13. The van der Waals surface area contributed by atoms with Gasteiger partial charge in [0.2, 0.25) is 0 Å². The summed E-state index contributed by atoms with van der Waals surface area (Å²) in [4.78, 5) is 35.4. The number of amides is 2. The van der Waals surface area contributed by atoms with Crippen molar-refractivity contribution in [2.45, 2.75) is 44.4 Å². The molecular formula is C32H36N2O6. The van der Waals surface area contributed by atoms with Gasteiger partial charge in [-0.2, -0.15) is 0 Å². The van der Waals surface area contributed by atoms with Gasteiger partial charge < -0.3 is 25.2 Å². The van der Waals surface area contributed by atoms with Crippen molar-refractivity contribution in [2.75, 3.05) is 26.3 Å². The molecule has 8 heteroatoms. The first kappa shape index (κ1) is 28.7. The molecular weight excluding hydrogens is 508 g/mol. The van der Waals surface area contributed by atoms with Crippen LogP contribution < -0.4 is 15.4 Å². The van der Waals surface area contributed by atoms with E-state index >= 15 is 0 Å². The summed E-state index contributed by atoms with van der Waals surface area (Å²) in [5, 5.41) is 14.8. The van der Waals surface area contributed by atoms with Crippen LogP contribution in [-0.4, -0.2) is 49.4 Å². The van der Waals surface area contributed by atoms with E-state index in [2.05, 4.69) is 34.9 Å². The first-order chi connectivity index (χ1) is 19.5. The number of fused-ring (bicyclic) bond motifs is 3. The van der Waals surface area contributed by atoms with Gasteiger partial charge in [0.1, 0.15) is 17.9 Å². The third kappa shape index (κ3) is 7.85. The smallest absolute Gasteiger partial charge is 0.407 e. The van der Waals surface area contributed by atoms with E-state index in [4.69, 9.17) is 14.6 Å². The standard InChI is InChI=1S/C32H36N2O6/c35-30(22-39-29-18-10-9-17-27(29)31(36)37)33-19-11-3-1-2-4-12-20-34-32(38)40-21-28-25-15-7-5-13-23(25)24-14-6-8-16-26(24)28/h5-10,13-18,28H,1-4,11-12,19-22H2,(H,33,35)(H,34,38)(H,36,37). The molecule has 3 aromatic carbocycles. The van der Waals surface area contributed by atoms with Crippen LogP contribution in [0.15, 0.2) is 72.8 Å². The maximum Gasteiger partial charge on any atom is 0.407 e. The molecule has 2 amide bonds. The topological polar surface area (TPSA) is 114 Å². The number of unbranched alkanes of at least 4 members (excludes halogenated alkanes) is 5. The van der Waals surface area contributed by atoms with Gasteiger partial charge in [-0.15, -0.1) is 0 Å². The van der Waals surface area contributed by atoms with Crippen LogP contribution in [-0.2, 0) is 9.53 Å². The van der Waals surface area contributed by atoms with E-state index in [1.54, 1.807) is 12.1 Å². The summed E-state index contributed by atoms with van der Waals surface area (Å²) >= 11 is 0. The number of rotatable bonds is 15. The molecule has 0 aliphatic heterocycles. The molecule has 40 heavy (non-hydrogen) atoms. The molecule has 4 rings (SSSR count). The molecule has 3 aromatic rings. The molecule has 1 aliphatic carbocycles. The lowest BCUT2D eigenvalue weighted by molar-refractivity contribution is -0.123. The average Bonchev–Trinajstić information content (AvgIpc) is 3.29. The summed E-state index contributed by atoms with van der Waals surface area (Å²) in [6.07, 6.45) is 5.45. The predicted molar refractivity (Wildman–Crippen MR) is 153 cm³/mol. The summed E-state index contributed by atoms with van der Waals surface area (Å²) < 4.78 is 10.9. The molecule has 0 saturated carbocycles. The van der Waals surface area contributed by atoms with Gasteiger partial charge in [-0.25, -0.2) is 9.59 Å². The fourth-order valence-electron chi connectivity index (χ4n) is 4.99. The highest BCUT2D eigenvalue weighted by Gasteiger charge is 2.28. The molecule has 0 bridgehead atoms. The number of carbonyl (C=O) groups is 3. The van der Waals surface area contributed by atoms with Crippen LogP contribution in [0.3, 0.4) is 0 Å². The SMILES string of the molecule is O=C(COc1ccccc1C(=O)O)NCCCCCCCCNC(=O)OCC1c2ccccc2-c2ccccc21. The Labute approximate surface area is 234 Å². The van der Waals surface area contributed by atoms with Crippen LogP contribution >= 0.6 is 0 Å². The van der Waals surface area contributed by atoms with Crippen molar-refractivity contribution in [1.82, 2.24) is 10.6 Å². The van der Waals surface area contributed by atoms with Gasteiger partial charge in [0, 0.05) is 19.0 Å². The van der Waals surface area contributed by atoms with Crippen LogP contribution in [0.5, 0.6) is 5.75 Å². The van der Waals surface area contributed by atoms with Gasteiger partial charge in [0.05, 0.1) is 0 Å². The quantitative estimate of drug-likeness (QED) is 0.210. The predicted octanol–water partition coefficient (Wildman–Crippen LogP) is 5.76. The normalized spacial score (nSPS) is 11.8. The van der Waals surface area contributed by atoms with Gasteiger partial charge in [-0.05, 0) is 47.2 Å². The van der Waals surface area contributed by atoms with E-state index in [0.29, 0.717) is 19.7 Å². The van der Waals surface area contributed by atoms with Crippen molar-refractivity contribution in [3.8, 4) is 16.9 Å². The number of carboxylic acid groups (broad SMARTS) is 1. The lowest BCUT2D eigenvalue weighted by Gasteiger charge is -2.14. The maximum absolute atomic E-state index is 12.3. The maximum atomic E-state index is 12.3.